The molecule has 0 amide bonds. The molecule has 0 saturated carbocycles. The molecule has 5 nitrogen and oxygen atoms in total. The Labute approximate surface area is 129 Å². The fourth-order valence-corrected chi connectivity index (χ4v) is 2.53. The van der Waals surface area contributed by atoms with Gasteiger partial charge in [0.15, 0.2) is 0 Å². The second-order valence-electron chi connectivity index (χ2n) is 4.93. The van der Waals surface area contributed by atoms with Gasteiger partial charge in [-0.05, 0) is 48.3 Å². The van der Waals surface area contributed by atoms with Gasteiger partial charge in [-0.3, -0.25) is 0 Å². The van der Waals surface area contributed by atoms with Crippen LogP contribution < -0.4 is 0 Å². The first-order chi connectivity index (χ1) is 8.83. The monoisotopic (exact) mass is 400 g/mol. The molecule has 0 saturated heterocycles. The van der Waals surface area contributed by atoms with Gasteiger partial charge in [-0.1, -0.05) is 0 Å². The molecule has 1 rings (SSSR count). The van der Waals surface area contributed by atoms with Crippen molar-refractivity contribution in [2.45, 2.75) is 13.7 Å². The van der Waals surface area contributed by atoms with E-state index >= 15 is 0 Å². The number of ether oxygens (including phenoxy) is 2. The number of halogens is 1. The van der Waals surface area contributed by atoms with E-state index in [1.54, 1.807) is 17.8 Å². The van der Waals surface area contributed by atoms with Crippen LogP contribution in [0.1, 0.15) is 17.3 Å². The third-order valence-corrected chi connectivity index (χ3v) is 4.46. The Morgan fingerprint density at radius 2 is 2.16 bits per heavy atom. The summed E-state index contributed by atoms with van der Waals surface area (Å²) in [6, 6.07) is 0. The van der Waals surface area contributed by atoms with Crippen molar-refractivity contribution in [3.63, 3.8) is 0 Å². The molecule has 0 aliphatic heterocycles. The minimum atomic E-state index is -0.533. The van der Waals surface area contributed by atoms with Gasteiger partial charge >= 0.3 is 5.97 Å². The molecular formula is C12H21IN2O3S. The molecule has 0 atom stereocenters. The summed E-state index contributed by atoms with van der Waals surface area (Å²) >= 11 is 2.03. The highest BCUT2D eigenvalue weighted by Crippen LogP contribution is 2.33. The van der Waals surface area contributed by atoms with Gasteiger partial charge in [0.25, 0.3) is 0 Å². The molecule has 0 N–H and O–H groups in total. The minimum Gasteiger partial charge on any atom is -0.462 e. The average molecular weight is 400 g/mol. The fraction of sp³-hybridized carbons (Fsp3) is 0.667. The molecule has 0 aliphatic rings. The molecule has 0 bridgehead atoms. The summed E-state index contributed by atoms with van der Waals surface area (Å²) in [7, 11) is -0.533. The summed E-state index contributed by atoms with van der Waals surface area (Å²) in [5.74, 6) is 0.730. The van der Waals surface area contributed by atoms with Crippen LogP contribution in [0.15, 0.2) is 6.20 Å². The van der Waals surface area contributed by atoms with Crippen LogP contribution in [-0.4, -0.2) is 53.5 Å². The lowest BCUT2D eigenvalue weighted by molar-refractivity contribution is 0.0524. The smallest absolute Gasteiger partial charge is 0.342 e. The molecule has 0 spiro atoms. The van der Waals surface area contributed by atoms with Crippen LogP contribution in [0.25, 0.3) is 0 Å². The van der Waals surface area contributed by atoms with Crippen LogP contribution in [0.2, 0.25) is 0 Å². The quantitative estimate of drug-likeness (QED) is 0.401. The summed E-state index contributed by atoms with van der Waals surface area (Å²) < 4.78 is 12.8. The Morgan fingerprint density at radius 1 is 1.47 bits per heavy atom. The van der Waals surface area contributed by atoms with Crippen molar-refractivity contribution in [2.24, 2.45) is 0 Å². The number of esters is 1. The van der Waals surface area contributed by atoms with Gasteiger partial charge in [0.1, 0.15) is 16.0 Å². The summed E-state index contributed by atoms with van der Waals surface area (Å²) in [5.41, 5.74) is 0.493. The maximum atomic E-state index is 11.6. The van der Waals surface area contributed by atoms with Gasteiger partial charge < -0.3 is 9.47 Å². The van der Waals surface area contributed by atoms with E-state index in [4.69, 9.17) is 9.47 Å². The van der Waals surface area contributed by atoms with E-state index in [0.29, 0.717) is 29.2 Å². The lowest BCUT2D eigenvalue weighted by Gasteiger charge is -2.24. The zero-order valence-corrected chi connectivity index (χ0v) is 14.8. The first kappa shape index (κ1) is 16.8. The molecule has 1 heterocycles. The molecule has 0 aliphatic carbocycles. The first-order valence-electron chi connectivity index (χ1n) is 5.97. The van der Waals surface area contributed by atoms with Crippen LogP contribution in [0.5, 0.6) is 0 Å². The van der Waals surface area contributed by atoms with Crippen LogP contribution in [-0.2, 0) is 16.2 Å². The third-order valence-electron chi connectivity index (χ3n) is 2.28. The Morgan fingerprint density at radius 3 is 2.74 bits per heavy atom. The van der Waals surface area contributed by atoms with Crippen LogP contribution in [0, 0.1) is 3.70 Å². The summed E-state index contributed by atoms with van der Waals surface area (Å²) in [6.45, 7) is 3.23. The first-order valence-corrected chi connectivity index (χ1v) is 10.1. The fourth-order valence-electron chi connectivity index (χ4n) is 1.28. The molecule has 0 fully saturated rings. The Hall–Kier alpha value is -0.280. The highest BCUT2D eigenvalue weighted by molar-refractivity contribution is 14.1. The van der Waals surface area contributed by atoms with Gasteiger partial charge in [0, 0.05) is 11.9 Å². The average Bonchev–Trinajstić information content (AvgIpc) is 2.65. The van der Waals surface area contributed by atoms with Crippen molar-refractivity contribution < 1.29 is 14.3 Å². The standard InChI is InChI=1S/C12H21IN2O3S/c1-5-18-12(16)10-8-15(14-11(10)13)9-17-6-7-19(2,3)4/h8H,5-7,9H2,1-4H3. The molecule has 19 heavy (non-hydrogen) atoms. The summed E-state index contributed by atoms with van der Waals surface area (Å²) in [4.78, 5) is 11.6. The molecule has 1 aromatic heterocycles. The second-order valence-corrected chi connectivity index (χ2v) is 10.5. The van der Waals surface area contributed by atoms with Crippen molar-refractivity contribution >= 4 is 38.6 Å². The molecular weight excluding hydrogens is 379 g/mol. The van der Waals surface area contributed by atoms with Crippen LogP contribution >= 0.6 is 32.6 Å². The summed E-state index contributed by atoms with van der Waals surface area (Å²) in [5, 5.41) is 4.23. The topological polar surface area (TPSA) is 53.4 Å². The van der Waals surface area contributed by atoms with Crippen LogP contribution in [0.3, 0.4) is 0 Å². The number of nitrogens with zero attached hydrogens (tertiary/aromatic N) is 2. The Kier molecular flexibility index (Phi) is 6.61. The summed E-state index contributed by atoms with van der Waals surface area (Å²) in [6.07, 6.45) is 8.44. The van der Waals surface area contributed by atoms with E-state index in [2.05, 4.69) is 23.9 Å². The van der Waals surface area contributed by atoms with E-state index in [1.807, 2.05) is 22.6 Å². The van der Waals surface area contributed by atoms with Crippen molar-refractivity contribution in [1.82, 2.24) is 9.78 Å². The van der Waals surface area contributed by atoms with Gasteiger partial charge in [-0.25, -0.2) is 19.5 Å². The number of hydrogen-bond donors (Lipinski definition) is 0. The van der Waals surface area contributed by atoms with Gasteiger partial charge in [0.2, 0.25) is 0 Å². The number of aromatic nitrogens is 2. The van der Waals surface area contributed by atoms with Crippen LogP contribution in [0.4, 0.5) is 0 Å². The third kappa shape index (κ3) is 6.13. The predicted octanol–water partition coefficient (Wildman–Crippen LogP) is 2.33. The highest BCUT2D eigenvalue weighted by Gasteiger charge is 2.15. The SMILES string of the molecule is CCOC(=O)c1cn(COCCS(C)(C)C)nc1I. The zero-order valence-electron chi connectivity index (χ0n) is 11.8. The van der Waals surface area contributed by atoms with Crippen molar-refractivity contribution in [2.75, 3.05) is 37.7 Å². The highest BCUT2D eigenvalue weighted by atomic mass is 127. The van der Waals surface area contributed by atoms with E-state index in [-0.39, 0.29) is 5.97 Å². The Bertz CT molecular complexity index is 429. The lowest BCUT2D eigenvalue weighted by atomic mass is 10.4. The number of hydrogen-bond acceptors (Lipinski definition) is 4. The molecule has 7 heteroatoms. The van der Waals surface area contributed by atoms with Gasteiger partial charge in [-0.15, -0.1) is 0 Å². The van der Waals surface area contributed by atoms with E-state index in [0.717, 1.165) is 5.75 Å². The minimum absolute atomic E-state index is 0.336. The van der Waals surface area contributed by atoms with Crippen molar-refractivity contribution in [3.05, 3.63) is 15.5 Å². The molecule has 0 unspecified atom stereocenters. The zero-order chi connectivity index (χ0) is 14.5. The number of rotatable bonds is 7. The van der Waals surface area contributed by atoms with E-state index in [1.165, 1.54) is 0 Å². The normalized spacial score (nSPS) is 12.5. The van der Waals surface area contributed by atoms with Gasteiger partial charge in [0.05, 0.1) is 13.2 Å². The number of carbonyl (C=O) groups excluding carboxylic acids is 1. The lowest BCUT2D eigenvalue weighted by Crippen LogP contribution is -2.10. The van der Waals surface area contributed by atoms with Gasteiger partial charge in [-0.2, -0.15) is 5.10 Å². The Balaban J connectivity index is 2.48. The number of carbonyl (C=O) groups is 1. The van der Waals surface area contributed by atoms with E-state index < -0.39 is 10.0 Å². The van der Waals surface area contributed by atoms with E-state index in [9.17, 15) is 4.79 Å². The predicted molar refractivity (Wildman–Crippen MR) is 87.1 cm³/mol. The van der Waals surface area contributed by atoms with Crippen molar-refractivity contribution in [1.29, 1.82) is 0 Å². The maximum absolute atomic E-state index is 11.6. The molecule has 110 valence electrons. The molecule has 0 aromatic carbocycles. The molecule has 0 radical (unpaired) electrons. The molecule has 1 aromatic rings. The second kappa shape index (κ2) is 7.49. The maximum Gasteiger partial charge on any atom is 0.342 e. The van der Waals surface area contributed by atoms with Crippen molar-refractivity contribution in [3.8, 4) is 0 Å². The largest absolute Gasteiger partial charge is 0.462 e.